The van der Waals surface area contributed by atoms with Crippen molar-refractivity contribution in [3.8, 4) is 0 Å². The van der Waals surface area contributed by atoms with Gasteiger partial charge in [0.05, 0.1) is 25.4 Å². The molecule has 2 atom stereocenters. The zero-order chi connectivity index (χ0) is 47.9. The lowest BCUT2D eigenvalue weighted by molar-refractivity contribution is -0.143. The molecular weight excluding hydrogens is 815 g/mol. The van der Waals surface area contributed by atoms with Gasteiger partial charge in [0.1, 0.15) is 0 Å². The van der Waals surface area contributed by atoms with Crippen molar-refractivity contribution in [2.75, 3.05) is 13.2 Å². The number of carbonyl (C=O) groups is 2. The Labute approximate surface area is 411 Å². The third-order valence-electron chi connectivity index (χ3n) is 13.4. The number of nitrogens with one attached hydrogen (secondary N) is 1. The first kappa shape index (κ1) is 64.1. The van der Waals surface area contributed by atoms with Crippen molar-refractivity contribution in [3.63, 3.8) is 0 Å². The number of carbonyl (C=O) groups excluding carboxylic acids is 2. The molecule has 0 rings (SSSR count). The minimum absolute atomic E-state index is 0.00339. The molecule has 66 heavy (non-hydrogen) atoms. The Kier molecular flexibility index (Phi) is 54.1. The van der Waals surface area contributed by atoms with Crippen LogP contribution in [0.2, 0.25) is 0 Å². The topological polar surface area (TPSA) is 95.9 Å². The fraction of sp³-hybridized carbons (Fsp3) is 0.867. The number of rotatable bonds is 54. The highest BCUT2D eigenvalue weighted by Crippen LogP contribution is 2.17. The summed E-state index contributed by atoms with van der Waals surface area (Å²) in [5, 5.41) is 23.1. The Bertz CT molecular complexity index is 1070. The summed E-state index contributed by atoms with van der Waals surface area (Å²) in [7, 11) is 0. The molecule has 388 valence electrons. The molecule has 0 radical (unpaired) electrons. The van der Waals surface area contributed by atoms with Gasteiger partial charge in [-0.15, -0.1) is 0 Å². The van der Waals surface area contributed by atoms with Crippen LogP contribution in [0.25, 0.3) is 0 Å². The van der Waals surface area contributed by atoms with Crippen molar-refractivity contribution in [1.29, 1.82) is 0 Å². The van der Waals surface area contributed by atoms with Gasteiger partial charge < -0.3 is 20.3 Å². The van der Waals surface area contributed by atoms with Gasteiger partial charge in [-0.3, -0.25) is 9.59 Å². The summed E-state index contributed by atoms with van der Waals surface area (Å²) in [6, 6.07) is -0.632. The number of allylic oxidation sites excluding steroid dienone is 5. The normalized spacial score (nSPS) is 12.8. The molecule has 0 spiro atoms. The summed E-state index contributed by atoms with van der Waals surface area (Å²) >= 11 is 0. The second-order valence-corrected chi connectivity index (χ2v) is 20.0. The van der Waals surface area contributed by atoms with E-state index in [1.807, 2.05) is 6.08 Å². The Morgan fingerprint density at radius 1 is 0.424 bits per heavy atom. The molecule has 0 aliphatic rings. The number of ether oxygens (including phenoxy) is 1. The molecule has 0 aromatic carbocycles. The van der Waals surface area contributed by atoms with Crippen LogP contribution in [0.15, 0.2) is 36.5 Å². The van der Waals surface area contributed by atoms with Gasteiger partial charge >= 0.3 is 5.97 Å². The third-order valence-corrected chi connectivity index (χ3v) is 13.4. The van der Waals surface area contributed by atoms with Gasteiger partial charge in [0, 0.05) is 12.8 Å². The van der Waals surface area contributed by atoms with E-state index in [1.54, 1.807) is 6.08 Å². The SMILES string of the molecule is CCCCC/C=C\C/C=C\CCCCCCCCCC(=O)OCCCCCCCCCCCCCCCCCCCC(=O)NC(CO)C(O)/C=C/CCCCCCCCCCCCCCC. The standard InChI is InChI=1S/C60H113NO5/c1-3-5-7-9-11-13-15-17-19-21-26-30-34-38-42-46-50-54-60(65)66-55-51-47-43-39-35-31-27-23-20-22-25-29-33-37-41-45-49-53-59(64)61-57(56-62)58(63)52-48-44-40-36-32-28-24-18-16-14-12-10-8-6-4-2/h11,13,17,19,48,52,57-58,62-63H,3-10,12,14-16,18,20-47,49-51,53-56H2,1-2H3,(H,61,64)/b13-11-,19-17-,52-48+. The number of amides is 1. The molecular formula is C60H113NO5. The maximum absolute atomic E-state index is 12.5. The van der Waals surface area contributed by atoms with E-state index in [2.05, 4.69) is 43.5 Å². The molecule has 6 heteroatoms. The van der Waals surface area contributed by atoms with E-state index in [9.17, 15) is 19.8 Å². The second-order valence-electron chi connectivity index (χ2n) is 20.0. The maximum Gasteiger partial charge on any atom is 0.305 e. The van der Waals surface area contributed by atoms with E-state index in [1.165, 1.54) is 231 Å². The van der Waals surface area contributed by atoms with Crippen molar-refractivity contribution in [2.24, 2.45) is 0 Å². The van der Waals surface area contributed by atoms with Crippen molar-refractivity contribution >= 4 is 11.9 Å². The van der Waals surface area contributed by atoms with Crippen molar-refractivity contribution in [1.82, 2.24) is 5.32 Å². The highest BCUT2D eigenvalue weighted by Gasteiger charge is 2.18. The molecule has 0 heterocycles. The maximum atomic E-state index is 12.5. The van der Waals surface area contributed by atoms with Crippen molar-refractivity contribution in [3.05, 3.63) is 36.5 Å². The van der Waals surface area contributed by atoms with Crippen LogP contribution in [0.5, 0.6) is 0 Å². The minimum Gasteiger partial charge on any atom is -0.466 e. The zero-order valence-corrected chi connectivity index (χ0v) is 44.2. The predicted molar refractivity (Wildman–Crippen MR) is 287 cm³/mol. The van der Waals surface area contributed by atoms with E-state index in [0.29, 0.717) is 19.4 Å². The Morgan fingerprint density at radius 3 is 1.18 bits per heavy atom. The predicted octanol–water partition coefficient (Wildman–Crippen LogP) is 18.0. The molecule has 0 aliphatic heterocycles. The minimum atomic E-state index is -0.848. The molecule has 3 N–H and O–H groups in total. The Hall–Kier alpha value is -1.92. The second kappa shape index (κ2) is 55.7. The van der Waals surface area contributed by atoms with Crippen LogP contribution < -0.4 is 5.32 Å². The van der Waals surface area contributed by atoms with E-state index in [0.717, 1.165) is 51.4 Å². The van der Waals surface area contributed by atoms with Crippen LogP contribution in [0.3, 0.4) is 0 Å². The number of hydrogen-bond donors (Lipinski definition) is 3. The lowest BCUT2D eigenvalue weighted by Crippen LogP contribution is -2.45. The number of aliphatic hydroxyl groups is 2. The molecule has 0 saturated heterocycles. The van der Waals surface area contributed by atoms with E-state index in [-0.39, 0.29) is 18.5 Å². The smallest absolute Gasteiger partial charge is 0.305 e. The monoisotopic (exact) mass is 928 g/mol. The number of unbranched alkanes of at least 4 members (excludes halogenated alkanes) is 39. The van der Waals surface area contributed by atoms with Crippen LogP contribution in [0.4, 0.5) is 0 Å². The molecule has 0 fully saturated rings. The number of esters is 1. The number of hydrogen-bond acceptors (Lipinski definition) is 5. The molecule has 0 bridgehead atoms. The Morgan fingerprint density at radius 2 is 0.758 bits per heavy atom. The molecule has 1 amide bonds. The van der Waals surface area contributed by atoms with Gasteiger partial charge in [0.15, 0.2) is 0 Å². The molecule has 0 aliphatic carbocycles. The first-order valence-electron chi connectivity index (χ1n) is 29.3. The van der Waals surface area contributed by atoms with Crippen molar-refractivity contribution in [2.45, 2.75) is 321 Å². The van der Waals surface area contributed by atoms with E-state index in [4.69, 9.17) is 4.74 Å². The van der Waals surface area contributed by atoms with Crippen LogP contribution in [-0.2, 0) is 14.3 Å². The first-order valence-corrected chi connectivity index (χ1v) is 29.3. The van der Waals surface area contributed by atoms with Gasteiger partial charge in [-0.05, 0) is 64.2 Å². The van der Waals surface area contributed by atoms with Gasteiger partial charge in [-0.25, -0.2) is 0 Å². The van der Waals surface area contributed by atoms with Crippen LogP contribution in [0, 0.1) is 0 Å². The largest absolute Gasteiger partial charge is 0.466 e. The molecule has 0 saturated carbocycles. The highest BCUT2D eigenvalue weighted by molar-refractivity contribution is 5.76. The van der Waals surface area contributed by atoms with Crippen LogP contribution in [-0.4, -0.2) is 47.4 Å². The molecule has 0 aromatic rings. The average molecular weight is 929 g/mol. The molecule has 2 unspecified atom stereocenters. The fourth-order valence-corrected chi connectivity index (χ4v) is 8.90. The molecule has 6 nitrogen and oxygen atoms in total. The summed E-state index contributed by atoms with van der Waals surface area (Å²) in [4.78, 5) is 24.5. The summed E-state index contributed by atoms with van der Waals surface area (Å²) in [6.07, 6.45) is 68.7. The van der Waals surface area contributed by atoms with Gasteiger partial charge in [-0.2, -0.15) is 0 Å². The fourth-order valence-electron chi connectivity index (χ4n) is 8.90. The Balaban J connectivity index is 3.44. The summed E-state index contributed by atoms with van der Waals surface area (Å²) in [6.45, 7) is 4.87. The van der Waals surface area contributed by atoms with E-state index < -0.39 is 12.1 Å². The van der Waals surface area contributed by atoms with Gasteiger partial charge in [0.25, 0.3) is 0 Å². The quantitative estimate of drug-likeness (QED) is 0.0321. The summed E-state index contributed by atoms with van der Waals surface area (Å²) in [5.41, 5.74) is 0. The van der Waals surface area contributed by atoms with Gasteiger partial charge in [-0.1, -0.05) is 269 Å². The third kappa shape index (κ3) is 51.5. The lowest BCUT2D eigenvalue weighted by Gasteiger charge is -2.20. The highest BCUT2D eigenvalue weighted by atomic mass is 16.5. The first-order chi connectivity index (χ1) is 32.5. The van der Waals surface area contributed by atoms with Gasteiger partial charge in [0.2, 0.25) is 5.91 Å². The van der Waals surface area contributed by atoms with Crippen LogP contribution in [0.1, 0.15) is 309 Å². The average Bonchev–Trinajstić information content (AvgIpc) is 3.32. The lowest BCUT2D eigenvalue weighted by atomic mass is 10.0. The number of aliphatic hydroxyl groups excluding tert-OH is 2. The summed E-state index contributed by atoms with van der Waals surface area (Å²) < 4.78 is 5.48. The summed E-state index contributed by atoms with van der Waals surface area (Å²) in [5.74, 6) is -0.0762. The zero-order valence-electron chi connectivity index (χ0n) is 44.2. The van der Waals surface area contributed by atoms with Crippen LogP contribution >= 0.6 is 0 Å². The molecule has 0 aromatic heterocycles. The van der Waals surface area contributed by atoms with E-state index >= 15 is 0 Å². The van der Waals surface area contributed by atoms with Crippen molar-refractivity contribution < 1.29 is 24.5 Å².